The molecule has 0 unspecified atom stereocenters. The molecule has 0 spiro atoms. The fourth-order valence-electron chi connectivity index (χ4n) is 2.80. The summed E-state index contributed by atoms with van der Waals surface area (Å²) in [6, 6.07) is 14.9. The lowest BCUT2D eigenvalue weighted by Gasteiger charge is -2.14. The van der Waals surface area contributed by atoms with Crippen LogP contribution in [0.5, 0.6) is 0 Å². The first-order valence-electron chi connectivity index (χ1n) is 8.73. The van der Waals surface area contributed by atoms with Crippen LogP contribution in [0.4, 0.5) is 5.69 Å². The molecule has 138 valence electrons. The van der Waals surface area contributed by atoms with Gasteiger partial charge in [0.15, 0.2) is 0 Å². The van der Waals surface area contributed by atoms with Crippen molar-refractivity contribution in [1.29, 1.82) is 0 Å². The first-order chi connectivity index (χ1) is 13.1. The molecule has 0 bridgehead atoms. The molecule has 27 heavy (non-hydrogen) atoms. The van der Waals surface area contributed by atoms with Crippen molar-refractivity contribution in [3.05, 3.63) is 71.4 Å². The third kappa shape index (κ3) is 4.06. The fourth-order valence-corrected chi connectivity index (χ4v) is 2.80. The molecule has 1 amide bonds. The number of fused-ring (bicyclic) bond motifs is 1. The van der Waals surface area contributed by atoms with Gasteiger partial charge >= 0.3 is 5.97 Å². The summed E-state index contributed by atoms with van der Waals surface area (Å²) >= 11 is 0. The van der Waals surface area contributed by atoms with Crippen LogP contribution in [0.3, 0.4) is 0 Å². The molecular weight excluding hydrogens is 342 g/mol. The van der Waals surface area contributed by atoms with Crippen molar-refractivity contribution < 1.29 is 14.3 Å². The highest BCUT2D eigenvalue weighted by Crippen LogP contribution is 2.27. The Bertz CT molecular complexity index is 968. The number of rotatable bonds is 6. The van der Waals surface area contributed by atoms with E-state index in [2.05, 4.69) is 15.6 Å². The molecule has 0 saturated carbocycles. The van der Waals surface area contributed by atoms with Gasteiger partial charge in [-0.2, -0.15) is 0 Å². The first-order valence-corrected chi connectivity index (χ1v) is 8.73. The fraction of sp³-hybridized carbons (Fsp3) is 0.190. The number of aromatic nitrogens is 1. The number of para-hydroxylation sites is 1. The lowest BCUT2D eigenvalue weighted by molar-refractivity contribution is 0.0527. The maximum Gasteiger partial charge on any atom is 0.341 e. The number of esters is 1. The van der Waals surface area contributed by atoms with E-state index in [4.69, 9.17) is 4.74 Å². The SMILES string of the molecule is CCOC(=O)c1cnc2ccccc2c1NCc1ccc(C(=O)NC)cc1. The van der Waals surface area contributed by atoms with Crippen LogP contribution in [0.2, 0.25) is 0 Å². The molecule has 0 aliphatic heterocycles. The number of anilines is 1. The zero-order chi connectivity index (χ0) is 19.2. The highest BCUT2D eigenvalue weighted by molar-refractivity contribution is 6.04. The standard InChI is InChI=1S/C21H21N3O3/c1-3-27-21(26)17-13-23-18-7-5-4-6-16(18)19(17)24-12-14-8-10-15(11-9-14)20(25)22-2/h4-11,13H,3,12H2,1-2H3,(H,22,25)(H,23,24). The molecule has 0 fully saturated rings. The maximum atomic E-state index is 12.3. The van der Waals surface area contributed by atoms with Crippen LogP contribution in [-0.4, -0.2) is 30.5 Å². The van der Waals surface area contributed by atoms with E-state index in [0.717, 1.165) is 16.5 Å². The molecule has 0 aliphatic carbocycles. The number of benzene rings is 2. The molecule has 6 nitrogen and oxygen atoms in total. The number of carbonyl (C=O) groups excluding carboxylic acids is 2. The Labute approximate surface area is 157 Å². The maximum absolute atomic E-state index is 12.3. The van der Waals surface area contributed by atoms with Gasteiger partial charge in [0.1, 0.15) is 5.56 Å². The van der Waals surface area contributed by atoms with Gasteiger partial charge < -0.3 is 15.4 Å². The van der Waals surface area contributed by atoms with Crippen LogP contribution in [0.25, 0.3) is 10.9 Å². The Kier molecular flexibility index (Phi) is 5.66. The number of amides is 1. The van der Waals surface area contributed by atoms with E-state index >= 15 is 0 Å². The Morgan fingerprint density at radius 2 is 1.81 bits per heavy atom. The predicted molar refractivity (Wildman–Crippen MR) is 105 cm³/mol. The lowest BCUT2D eigenvalue weighted by atomic mass is 10.1. The molecule has 0 aliphatic rings. The van der Waals surface area contributed by atoms with Crippen LogP contribution < -0.4 is 10.6 Å². The van der Waals surface area contributed by atoms with E-state index < -0.39 is 5.97 Å². The molecule has 3 rings (SSSR count). The van der Waals surface area contributed by atoms with Gasteiger partial charge in [0, 0.05) is 30.7 Å². The number of hydrogen-bond acceptors (Lipinski definition) is 5. The predicted octanol–water partition coefficient (Wildman–Crippen LogP) is 3.38. The minimum atomic E-state index is -0.409. The molecule has 0 radical (unpaired) electrons. The van der Waals surface area contributed by atoms with Crippen molar-refractivity contribution in [3.63, 3.8) is 0 Å². The number of nitrogens with one attached hydrogen (secondary N) is 2. The Balaban J connectivity index is 1.89. The van der Waals surface area contributed by atoms with Gasteiger partial charge in [-0.05, 0) is 30.7 Å². The Hall–Kier alpha value is -3.41. The zero-order valence-corrected chi connectivity index (χ0v) is 15.3. The summed E-state index contributed by atoms with van der Waals surface area (Å²) in [7, 11) is 1.60. The minimum absolute atomic E-state index is 0.126. The Morgan fingerprint density at radius 1 is 1.07 bits per heavy atom. The van der Waals surface area contributed by atoms with E-state index in [-0.39, 0.29) is 5.91 Å². The molecule has 2 aromatic carbocycles. The number of pyridine rings is 1. The van der Waals surface area contributed by atoms with Gasteiger partial charge in [-0.1, -0.05) is 30.3 Å². The van der Waals surface area contributed by atoms with Gasteiger partial charge in [0.05, 0.1) is 17.8 Å². The highest BCUT2D eigenvalue weighted by atomic mass is 16.5. The first kappa shape index (κ1) is 18.4. The van der Waals surface area contributed by atoms with Crippen LogP contribution in [0, 0.1) is 0 Å². The van der Waals surface area contributed by atoms with Crippen molar-refractivity contribution >= 4 is 28.5 Å². The molecular formula is C21H21N3O3. The number of hydrogen-bond donors (Lipinski definition) is 2. The van der Waals surface area contributed by atoms with Crippen molar-refractivity contribution in [3.8, 4) is 0 Å². The molecule has 2 N–H and O–H groups in total. The average molecular weight is 363 g/mol. The second kappa shape index (κ2) is 8.31. The summed E-state index contributed by atoms with van der Waals surface area (Å²) in [4.78, 5) is 28.3. The lowest BCUT2D eigenvalue weighted by Crippen LogP contribution is -2.17. The normalized spacial score (nSPS) is 10.4. The van der Waals surface area contributed by atoms with Gasteiger partial charge in [0.2, 0.25) is 0 Å². The third-order valence-electron chi connectivity index (χ3n) is 4.18. The third-order valence-corrected chi connectivity index (χ3v) is 4.18. The summed E-state index contributed by atoms with van der Waals surface area (Å²) in [5, 5.41) is 6.78. The number of ether oxygens (including phenoxy) is 1. The monoisotopic (exact) mass is 363 g/mol. The zero-order valence-electron chi connectivity index (χ0n) is 15.3. The highest BCUT2D eigenvalue weighted by Gasteiger charge is 2.16. The van der Waals surface area contributed by atoms with Gasteiger partial charge in [0.25, 0.3) is 5.91 Å². The average Bonchev–Trinajstić information content (AvgIpc) is 2.71. The summed E-state index contributed by atoms with van der Waals surface area (Å²) in [5.41, 5.74) is 3.47. The largest absolute Gasteiger partial charge is 0.462 e. The van der Waals surface area contributed by atoms with E-state index in [1.165, 1.54) is 6.20 Å². The van der Waals surface area contributed by atoms with Crippen LogP contribution in [0.1, 0.15) is 33.2 Å². The molecule has 3 aromatic rings. The molecule has 6 heteroatoms. The van der Waals surface area contributed by atoms with E-state index in [1.807, 2.05) is 36.4 Å². The minimum Gasteiger partial charge on any atom is -0.462 e. The number of carbonyl (C=O) groups is 2. The van der Waals surface area contributed by atoms with Gasteiger partial charge in [-0.3, -0.25) is 9.78 Å². The Morgan fingerprint density at radius 3 is 2.52 bits per heavy atom. The van der Waals surface area contributed by atoms with Gasteiger partial charge in [-0.15, -0.1) is 0 Å². The summed E-state index contributed by atoms with van der Waals surface area (Å²) in [5.74, 6) is -0.535. The van der Waals surface area contributed by atoms with Crippen molar-refractivity contribution in [2.45, 2.75) is 13.5 Å². The second-order valence-corrected chi connectivity index (χ2v) is 5.91. The molecule has 1 heterocycles. The van der Waals surface area contributed by atoms with E-state index in [1.54, 1.807) is 26.1 Å². The quantitative estimate of drug-likeness (QED) is 0.656. The van der Waals surface area contributed by atoms with Crippen LogP contribution in [-0.2, 0) is 11.3 Å². The molecule has 0 atom stereocenters. The van der Waals surface area contributed by atoms with Crippen LogP contribution >= 0.6 is 0 Å². The second-order valence-electron chi connectivity index (χ2n) is 5.91. The van der Waals surface area contributed by atoms with Crippen molar-refractivity contribution in [2.75, 3.05) is 19.0 Å². The molecule has 1 aromatic heterocycles. The number of nitrogens with zero attached hydrogens (tertiary/aromatic N) is 1. The topological polar surface area (TPSA) is 80.3 Å². The molecule has 0 saturated heterocycles. The van der Waals surface area contributed by atoms with Crippen molar-refractivity contribution in [2.24, 2.45) is 0 Å². The van der Waals surface area contributed by atoms with E-state index in [0.29, 0.717) is 30.0 Å². The van der Waals surface area contributed by atoms with Crippen molar-refractivity contribution in [1.82, 2.24) is 10.3 Å². The summed E-state index contributed by atoms with van der Waals surface area (Å²) in [6.45, 7) is 2.56. The smallest absolute Gasteiger partial charge is 0.341 e. The van der Waals surface area contributed by atoms with E-state index in [9.17, 15) is 9.59 Å². The van der Waals surface area contributed by atoms with Crippen LogP contribution in [0.15, 0.2) is 54.7 Å². The summed E-state index contributed by atoms with van der Waals surface area (Å²) in [6.07, 6.45) is 1.54. The van der Waals surface area contributed by atoms with Gasteiger partial charge in [-0.25, -0.2) is 4.79 Å². The summed E-state index contributed by atoms with van der Waals surface area (Å²) < 4.78 is 5.16.